The topological polar surface area (TPSA) is 56.9 Å². The number of hydrogen-bond donors (Lipinski definition) is 3. The molecule has 3 unspecified atom stereocenters. The van der Waals surface area contributed by atoms with Gasteiger partial charge in [-0.05, 0) is 74.4 Å². The molecule has 0 aliphatic heterocycles. The molecule has 4 nitrogen and oxygen atoms in total. The fraction of sp³-hybridized carbons (Fsp3) is 0.423. The first-order valence-corrected chi connectivity index (χ1v) is 11.3. The van der Waals surface area contributed by atoms with Crippen molar-refractivity contribution in [1.29, 1.82) is 0 Å². The molecular formula is C26H34ClN3O. The second-order valence-corrected chi connectivity index (χ2v) is 8.79. The lowest BCUT2D eigenvalue weighted by atomic mass is 9.86. The zero-order valence-electron chi connectivity index (χ0n) is 18.7. The van der Waals surface area contributed by atoms with Crippen LogP contribution in [0.25, 0.3) is 10.9 Å². The van der Waals surface area contributed by atoms with E-state index in [1.54, 1.807) is 0 Å². The quantitative estimate of drug-likeness (QED) is 0.421. The van der Waals surface area contributed by atoms with Gasteiger partial charge in [-0.2, -0.15) is 0 Å². The number of carbonyl (C=O) groups excluding carboxylic acids is 1. The Balaban J connectivity index is 0.00000272. The summed E-state index contributed by atoms with van der Waals surface area (Å²) < 4.78 is 0. The Hall–Kier alpha value is -2.30. The molecule has 3 aromatic rings. The minimum atomic E-state index is 0. The molecule has 166 valence electrons. The second kappa shape index (κ2) is 10.3. The maximum absolute atomic E-state index is 12.3. The van der Waals surface area contributed by atoms with Gasteiger partial charge < -0.3 is 15.6 Å². The van der Waals surface area contributed by atoms with E-state index >= 15 is 0 Å². The molecule has 4 rings (SSSR count). The number of amides is 1. The monoisotopic (exact) mass is 439 g/mol. The molecule has 0 radical (unpaired) electrons. The molecule has 0 bridgehead atoms. The van der Waals surface area contributed by atoms with Gasteiger partial charge in [0.1, 0.15) is 0 Å². The van der Waals surface area contributed by atoms with Gasteiger partial charge in [0.05, 0.1) is 0 Å². The van der Waals surface area contributed by atoms with E-state index in [0.717, 1.165) is 31.5 Å². The van der Waals surface area contributed by atoms with Crippen molar-refractivity contribution in [3.05, 3.63) is 65.4 Å². The summed E-state index contributed by atoms with van der Waals surface area (Å²) in [6, 6.07) is 17.3. The SMILES string of the molecule is CCC(C)C(=O)Nc1ccc2[nH]c3c(c2c1)CC(CNC(C)c1ccccc1)CC3.Cl. The molecular weight excluding hydrogens is 406 g/mol. The zero-order chi connectivity index (χ0) is 21.1. The van der Waals surface area contributed by atoms with Crippen LogP contribution in [-0.2, 0) is 17.6 Å². The normalized spacial score (nSPS) is 17.5. The molecule has 1 aliphatic carbocycles. The van der Waals surface area contributed by atoms with Crippen LogP contribution >= 0.6 is 12.4 Å². The highest BCUT2D eigenvalue weighted by Crippen LogP contribution is 2.33. The molecule has 0 fully saturated rings. The Morgan fingerprint density at radius 2 is 1.94 bits per heavy atom. The Kier molecular flexibility index (Phi) is 7.79. The Morgan fingerprint density at radius 1 is 1.16 bits per heavy atom. The van der Waals surface area contributed by atoms with Crippen molar-refractivity contribution >= 4 is 34.9 Å². The van der Waals surface area contributed by atoms with E-state index in [9.17, 15) is 4.79 Å². The van der Waals surface area contributed by atoms with E-state index in [2.05, 4.69) is 65.0 Å². The molecule has 0 saturated heterocycles. The largest absolute Gasteiger partial charge is 0.358 e. The number of nitrogens with one attached hydrogen (secondary N) is 3. The maximum Gasteiger partial charge on any atom is 0.227 e. The van der Waals surface area contributed by atoms with Gasteiger partial charge in [0.2, 0.25) is 5.91 Å². The van der Waals surface area contributed by atoms with Crippen molar-refractivity contribution in [3.63, 3.8) is 0 Å². The first-order chi connectivity index (χ1) is 14.5. The van der Waals surface area contributed by atoms with Crippen molar-refractivity contribution in [1.82, 2.24) is 10.3 Å². The molecule has 1 heterocycles. The summed E-state index contributed by atoms with van der Waals surface area (Å²) in [5.41, 5.74) is 6.20. The van der Waals surface area contributed by atoms with Crippen LogP contribution in [0.2, 0.25) is 0 Å². The minimum Gasteiger partial charge on any atom is -0.358 e. The van der Waals surface area contributed by atoms with E-state index in [4.69, 9.17) is 0 Å². The number of aromatic amines is 1. The Morgan fingerprint density at radius 3 is 2.68 bits per heavy atom. The number of rotatable bonds is 7. The van der Waals surface area contributed by atoms with E-state index < -0.39 is 0 Å². The highest BCUT2D eigenvalue weighted by molar-refractivity contribution is 5.96. The minimum absolute atomic E-state index is 0. The third-order valence-electron chi connectivity index (χ3n) is 6.63. The van der Waals surface area contributed by atoms with Crippen LogP contribution in [0.15, 0.2) is 48.5 Å². The number of carbonyl (C=O) groups is 1. The smallest absolute Gasteiger partial charge is 0.227 e. The van der Waals surface area contributed by atoms with Crippen LogP contribution in [0.1, 0.15) is 56.5 Å². The average Bonchev–Trinajstić information content (AvgIpc) is 3.14. The summed E-state index contributed by atoms with van der Waals surface area (Å²) in [4.78, 5) is 15.9. The summed E-state index contributed by atoms with van der Waals surface area (Å²) >= 11 is 0. The van der Waals surface area contributed by atoms with Crippen molar-refractivity contribution in [2.45, 2.75) is 52.5 Å². The van der Waals surface area contributed by atoms with E-state index in [0.29, 0.717) is 12.0 Å². The van der Waals surface area contributed by atoms with Gasteiger partial charge >= 0.3 is 0 Å². The fourth-order valence-corrected chi connectivity index (χ4v) is 4.40. The van der Waals surface area contributed by atoms with Gasteiger partial charge in [0, 0.05) is 34.2 Å². The van der Waals surface area contributed by atoms with Crippen LogP contribution in [0.3, 0.4) is 0 Å². The lowest BCUT2D eigenvalue weighted by molar-refractivity contribution is -0.119. The van der Waals surface area contributed by atoms with Crippen molar-refractivity contribution < 1.29 is 4.79 Å². The first-order valence-electron chi connectivity index (χ1n) is 11.3. The van der Waals surface area contributed by atoms with Gasteiger partial charge in [-0.3, -0.25) is 4.79 Å². The lowest BCUT2D eigenvalue weighted by Gasteiger charge is -2.25. The zero-order valence-corrected chi connectivity index (χ0v) is 19.5. The molecule has 1 amide bonds. The number of fused-ring (bicyclic) bond motifs is 3. The third-order valence-corrected chi connectivity index (χ3v) is 6.63. The van der Waals surface area contributed by atoms with Crippen LogP contribution in [0.5, 0.6) is 0 Å². The number of halogens is 1. The molecule has 3 atom stereocenters. The van der Waals surface area contributed by atoms with E-state index in [1.807, 2.05) is 19.9 Å². The van der Waals surface area contributed by atoms with Crippen LogP contribution in [0.4, 0.5) is 5.69 Å². The number of anilines is 1. The summed E-state index contributed by atoms with van der Waals surface area (Å²) in [5.74, 6) is 0.752. The van der Waals surface area contributed by atoms with Gasteiger partial charge in [-0.25, -0.2) is 0 Å². The van der Waals surface area contributed by atoms with Gasteiger partial charge in [0.25, 0.3) is 0 Å². The molecule has 1 aromatic heterocycles. The van der Waals surface area contributed by atoms with Gasteiger partial charge in [0.15, 0.2) is 0 Å². The molecule has 3 N–H and O–H groups in total. The van der Waals surface area contributed by atoms with Crippen LogP contribution < -0.4 is 10.6 Å². The fourth-order valence-electron chi connectivity index (χ4n) is 4.40. The van der Waals surface area contributed by atoms with Gasteiger partial charge in [-0.15, -0.1) is 12.4 Å². The number of benzene rings is 2. The van der Waals surface area contributed by atoms with Crippen molar-refractivity contribution in [2.75, 3.05) is 11.9 Å². The first kappa shape index (κ1) is 23.4. The molecule has 0 spiro atoms. The molecule has 2 aromatic carbocycles. The van der Waals surface area contributed by atoms with Crippen molar-refractivity contribution in [2.24, 2.45) is 11.8 Å². The highest BCUT2D eigenvalue weighted by atomic mass is 35.5. The summed E-state index contributed by atoms with van der Waals surface area (Å²) in [6.45, 7) is 7.27. The maximum atomic E-state index is 12.3. The van der Waals surface area contributed by atoms with Gasteiger partial charge in [-0.1, -0.05) is 44.2 Å². The standard InChI is InChI=1S/C26H33N3O.ClH/c1-4-17(2)26(30)28-21-11-13-25-23(15-21)22-14-19(10-12-24(22)29-25)16-27-18(3)20-8-6-5-7-9-20;/h5-9,11,13,15,17-19,27,29H,4,10,12,14,16H2,1-3H3,(H,28,30);1H. The van der Waals surface area contributed by atoms with E-state index in [1.165, 1.54) is 34.1 Å². The number of aryl methyl sites for hydroxylation is 1. The average molecular weight is 440 g/mol. The molecule has 0 saturated carbocycles. The summed E-state index contributed by atoms with van der Waals surface area (Å²) in [5, 5.41) is 8.07. The van der Waals surface area contributed by atoms with Crippen LogP contribution in [0, 0.1) is 11.8 Å². The molecule has 31 heavy (non-hydrogen) atoms. The summed E-state index contributed by atoms with van der Waals surface area (Å²) in [6.07, 6.45) is 4.22. The molecule has 1 aliphatic rings. The second-order valence-electron chi connectivity index (χ2n) is 8.79. The Bertz CT molecular complexity index is 1010. The number of aromatic nitrogens is 1. The Labute approximate surface area is 191 Å². The van der Waals surface area contributed by atoms with Crippen molar-refractivity contribution in [3.8, 4) is 0 Å². The summed E-state index contributed by atoms with van der Waals surface area (Å²) in [7, 11) is 0. The predicted octanol–water partition coefficient (Wildman–Crippen LogP) is 6.03. The van der Waals surface area contributed by atoms with E-state index in [-0.39, 0.29) is 24.2 Å². The lowest BCUT2D eigenvalue weighted by Crippen LogP contribution is -2.29. The highest BCUT2D eigenvalue weighted by Gasteiger charge is 2.23. The predicted molar refractivity (Wildman–Crippen MR) is 132 cm³/mol. The number of hydrogen-bond acceptors (Lipinski definition) is 2. The molecule has 5 heteroatoms. The number of H-pyrrole nitrogens is 1. The third kappa shape index (κ3) is 5.31. The van der Waals surface area contributed by atoms with Crippen LogP contribution in [-0.4, -0.2) is 17.4 Å².